The van der Waals surface area contributed by atoms with Gasteiger partial charge >= 0.3 is 7.60 Å². The van der Waals surface area contributed by atoms with Crippen molar-refractivity contribution in [2.24, 2.45) is 0 Å². The number of rotatable bonds is 7. The second-order valence-electron chi connectivity index (χ2n) is 3.60. The molecule has 0 spiro atoms. The molecule has 0 fully saturated rings. The molecule has 0 heterocycles. The van der Waals surface area contributed by atoms with E-state index in [-0.39, 0.29) is 0 Å². The Bertz CT molecular complexity index is 229. The molecule has 0 aromatic carbocycles. The predicted octanol–water partition coefficient (Wildman–Crippen LogP) is 2.95. The van der Waals surface area contributed by atoms with Gasteiger partial charge in [-0.05, 0) is 6.42 Å². The van der Waals surface area contributed by atoms with E-state index in [0.29, 0.717) is 6.42 Å². The minimum Gasteiger partial charge on any atom is -0.323 e. The molecule has 0 aromatic heterocycles. The van der Waals surface area contributed by atoms with Crippen LogP contribution in [-0.2, 0) is 4.57 Å². The first-order chi connectivity index (χ1) is 6.73. The molecule has 0 saturated carbocycles. The van der Waals surface area contributed by atoms with Crippen molar-refractivity contribution in [2.45, 2.75) is 48.1 Å². The van der Waals surface area contributed by atoms with E-state index < -0.39 is 16.7 Å². The molecule has 0 aliphatic rings. The van der Waals surface area contributed by atoms with E-state index in [2.05, 4.69) is 44.8 Å². The van der Waals surface area contributed by atoms with Gasteiger partial charge in [-0.25, -0.2) is 0 Å². The molecule has 0 aliphatic heterocycles. The van der Waals surface area contributed by atoms with Gasteiger partial charge in [0.05, 0.1) is 0 Å². The third-order valence-corrected chi connectivity index (χ3v) is 6.82. The van der Waals surface area contributed by atoms with Crippen LogP contribution in [0.2, 0.25) is 0 Å². The van der Waals surface area contributed by atoms with E-state index in [4.69, 9.17) is 9.79 Å². The van der Waals surface area contributed by atoms with Gasteiger partial charge in [-0.15, -0.1) is 25.3 Å². The zero-order valence-electron chi connectivity index (χ0n) is 8.70. The maximum atomic E-state index is 11.1. The summed E-state index contributed by atoms with van der Waals surface area (Å²) in [6, 6.07) is 0. The molecule has 0 amide bonds. The van der Waals surface area contributed by atoms with Gasteiger partial charge in [-0.2, -0.15) is 12.6 Å². The average molecular weight is 290 g/mol. The summed E-state index contributed by atoms with van der Waals surface area (Å²) in [5, 5.41) is -0.512. The van der Waals surface area contributed by atoms with E-state index in [1.54, 1.807) is 0 Å². The SMILES string of the molecule is CCCCCCC(S)C(S)(S)P(=O)(O)O. The van der Waals surface area contributed by atoms with Crippen molar-refractivity contribution in [2.75, 3.05) is 0 Å². The molecule has 0 aliphatic carbocycles. The highest BCUT2D eigenvalue weighted by Crippen LogP contribution is 2.59. The first-order valence-corrected chi connectivity index (χ1v) is 7.94. The minimum absolute atomic E-state index is 0.512. The lowest BCUT2D eigenvalue weighted by atomic mass is 10.1. The van der Waals surface area contributed by atoms with Crippen LogP contribution < -0.4 is 0 Å². The summed E-state index contributed by atoms with van der Waals surface area (Å²) in [6.07, 6.45) is 4.81. The van der Waals surface area contributed by atoms with Crippen molar-refractivity contribution in [1.29, 1.82) is 0 Å². The summed E-state index contributed by atoms with van der Waals surface area (Å²) in [5.74, 6) is 0. The summed E-state index contributed by atoms with van der Waals surface area (Å²) in [4.78, 5) is 18.1. The monoisotopic (exact) mass is 290 g/mol. The van der Waals surface area contributed by atoms with Crippen LogP contribution in [0.25, 0.3) is 0 Å². The second-order valence-corrected chi connectivity index (χ2v) is 8.48. The normalized spacial score (nSPS) is 15.3. The molecule has 92 valence electrons. The summed E-state index contributed by atoms with van der Waals surface area (Å²) in [5.41, 5.74) is 0. The van der Waals surface area contributed by atoms with Gasteiger partial charge in [0.2, 0.25) is 0 Å². The fourth-order valence-electron chi connectivity index (χ4n) is 1.15. The molecule has 3 nitrogen and oxygen atoms in total. The molecule has 15 heavy (non-hydrogen) atoms. The third kappa shape index (κ3) is 5.37. The highest BCUT2D eigenvalue weighted by molar-refractivity contribution is 8.11. The van der Waals surface area contributed by atoms with Gasteiger partial charge < -0.3 is 9.79 Å². The van der Waals surface area contributed by atoms with Crippen LogP contribution in [0, 0.1) is 0 Å². The molecular weight excluding hydrogens is 271 g/mol. The topological polar surface area (TPSA) is 57.5 Å². The van der Waals surface area contributed by atoms with E-state index in [1.165, 1.54) is 0 Å². The van der Waals surface area contributed by atoms with E-state index in [0.717, 1.165) is 25.7 Å². The van der Waals surface area contributed by atoms with Gasteiger partial charge in [0.1, 0.15) is 0 Å². The average Bonchev–Trinajstić information content (AvgIpc) is 2.10. The Kier molecular flexibility index (Phi) is 7.36. The Labute approximate surface area is 108 Å². The maximum Gasteiger partial charge on any atom is 0.352 e. The smallest absolute Gasteiger partial charge is 0.323 e. The Morgan fingerprint density at radius 2 is 1.80 bits per heavy atom. The zero-order valence-corrected chi connectivity index (χ0v) is 12.3. The first-order valence-electron chi connectivity index (χ1n) is 4.92. The molecule has 0 aromatic rings. The van der Waals surface area contributed by atoms with Crippen molar-refractivity contribution >= 4 is 45.5 Å². The minimum atomic E-state index is -4.33. The number of unbranched alkanes of at least 4 members (excludes halogenated alkanes) is 3. The molecular formula is C8H19O3PS3. The van der Waals surface area contributed by atoms with Crippen LogP contribution in [0.3, 0.4) is 0 Å². The van der Waals surface area contributed by atoms with Crippen molar-refractivity contribution in [3.8, 4) is 0 Å². The molecule has 0 bridgehead atoms. The van der Waals surface area contributed by atoms with Gasteiger partial charge in [0.25, 0.3) is 0 Å². The fourth-order valence-corrected chi connectivity index (χ4v) is 2.56. The van der Waals surface area contributed by atoms with Crippen LogP contribution in [0.15, 0.2) is 0 Å². The fraction of sp³-hybridized carbons (Fsp3) is 1.00. The van der Waals surface area contributed by atoms with Gasteiger partial charge in [0.15, 0.2) is 3.82 Å². The summed E-state index contributed by atoms with van der Waals surface area (Å²) in [6.45, 7) is 2.11. The lowest BCUT2D eigenvalue weighted by molar-refractivity contribution is 0.364. The lowest BCUT2D eigenvalue weighted by Crippen LogP contribution is -2.26. The third-order valence-electron chi connectivity index (χ3n) is 2.21. The van der Waals surface area contributed by atoms with Crippen molar-refractivity contribution in [1.82, 2.24) is 0 Å². The van der Waals surface area contributed by atoms with Gasteiger partial charge in [0, 0.05) is 5.25 Å². The Hall–Kier alpha value is 1.20. The van der Waals surface area contributed by atoms with E-state index in [9.17, 15) is 4.57 Å². The molecule has 1 unspecified atom stereocenters. The molecule has 7 heteroatoms. The van der Waals surface area contributed by atoms with Gasteiger partial charge in [-0.1, -0.05) is 32.6 Å². The number of thiol groups is 3. The zero-order chi connectivity index (χ0) is 12.1. The van der Waals surface area contributed by atoms with Crippen LogP contribution >= 0.6 is 45.5 Å². The van der Waals surface area contributed by atoms with Crippen molar-refractivity contribution < 1.29 is 14.4 Å². The number of hydrogen-bond acceptors (Lipinski definition) is 4. The van der Waals surface area contributed by atoms with Crippen molar-refractivity contribution in [3.05, 3.63) is 0 Å². The Morgan fingerprint density at radius 1 is 1.27 bits per heavy atom. The highest BCUT2D eigenvalue weighted by Gasteiger charge is 2.45. The highest BCUT2D eigenvalue weighted by atomic mass is 32.2. The van der Waals surface area contributed by atoms with E-state index in [1.807, 2.05) is 0 Å². The van der Waals surface area contributed by atoms with Crippen molar-refractivity contribution in [3.63, 3.8) is 0 Å². The number of hydrogen-bond donors (Lipinski definition) is 5. The molecule has 1 atom stereocenters. The Balaban J connectivity index is 4.09. The largest absolute Gasteiger partial charge is 0.352 e. The molecule has 2 N–H and O–H groups in total. The van der Waals surface area contributed by atoms with Crippen LogP contribution in [0.5, 0.6) is 0 Å². The summed E-state index contributed by atoms with van der Waals surface area (Å²) in [7, 11) is -4.33. The maximum absolute atomic E-state index is 11.1. The van der Waals surface area contributed by atoms with E-state index >= 15 is 0 Å². The predicted molar refractivity (Wildman–Crippen MR) is 74.3 cm³/mol. The standard InChI is InChI=1S/C8H19O3PS3/c1-2-3-4-5-6-7(13)8(14,15)12(9,10)11/h7,13-15H,2-6H2,1H3,(H2,9,10,11). The van der Waals surface area contributed by atoms with Crippen LogP contribution in [-0.4, -0.2) is 18.9 Å². The molecule has 0 rings (SSSR count). The van der Waals surface area contributed by atoms with Crippen LogP contribution in [0.1, 0.15) is 39.0 Å². The van der Waals surface area contributed by atoms with Gasteiger partial charge in [-0.3, -0.25) is 4.57 Å². The molecule has 0 saturated heterocycles. The lowest BCUT2D eigenvalue weighted by Gasteiger charge is -2.29. The summed E-state index contributed by atoms with van der Waals surface area (Å²) < 4.78 is 9.44. The second kappa shape index (κ2) is 6.82. The van der Waals surface area contributed by atoms with Crippen LogP contribution in [0.4, 0.5) is 0 Å². The first kappa shape index (κ1) is 16.2. The Morgan fingerprint density at radius 3 is 2.20 bits per heavy atom. The molecule has 0 radical (unpaired) electrons. The quantitative estimate of drug-likeness (QED) is 0.217. The summed E-state index contributed by atoms with van der Waals surface area (Å²) >= 11 is 12.0.